The van der Waals surface area contributed by atoms with Crippen molar-refractivity contribution < 1.29 is 4.79 Å². The van der Waals surface area contributed by atoms with E-state index in [1.54, 1.807) is 11.2 Å². The van der Waals surface area contributed by atoms with Crippen molar-refractivity contribution in [1.29, 1.82) is 0 Å². The second-order valence-electron chi connectivity index (χ2n) is 6.69. The molecule has 3 aromatic rings. The Hall–Kier alpha value is -3.24. The fraction of sp³-hybridized carbons (Fsp3) is 0.130. The molecule has 0 bridgehead atoms. The number of carbonyl (C=O) groups is 1. The van der Waals surface area contributed by atoms with Crippen LogP contribution in [0.5, 0.6) is 0 Å². The molecule has 0 atom stereocenters. The van der Waals surface area contributed by atoms with Gasteiger partial charge in [0.1, 0.15) is 0 Å². The van der Waals surface area contributed by atoms with E-state index >= 15 is 0 Å². The third kappa shape index (κ3) is 3.27. The number of hydrogen-bond acceptors (Lipinski definition) is 3. The van der Waals surface area contributed by atoms with Gasteiger partial charge in [-0.3, -0.25) is 9.78 Å². The second-order valence-corrected chi connectivity index (χ2v) is 6.69. The Morgan fingerprint density at radius 3 is 2.52 bits per heavy atom. The summed E-state index contributed by atoms with van der Waals surface area (Å²) in [5.41, 5.74) is 5.71. The minimum atomic E-state index is -0.00527. The van der Waals surface area contributed by atoms with Crippen molar-refractivity contribution in [2.75, 3.05) is 7.05 Å². The highest BCUT2D eigenvalue weighted by atomic mass is 16.2. The summed E-state index contributed by atoms with van der Waals surface area (Å²) < 4.78 is 0. The lowest BCUT2D eigenvalue weighted by Crippen LogP contribution is -2.39. The summed E-state index contributed by atoms with van der Waals surface area (Å²) in [4.78, 5) is 17.6. The first-order valence-corrected chi connectivity index (χ1v) is 8.97. The van der Waals surface area contributed by atoms with Crippen LogP contribution in [0, 0.1) is 6.92 Å². The van der Waals surface area contributed by atoms with Crippen LogP contribution in [-0.2, 0) is 6.54 Å². The fourth-order valence-electron chi connectivity index (χ4n) is 3.49. The molecule has 0 N–H and O–H groups in total. The average molecular weight is 355 g/mol. The molecular formula is C23H21N3O. The van der Waals surface area contributed by atoms with Crippen LogP contribution < -0.4 is 0 Å². The molecule has 4 heteroatoms. The van der Waals surface area contributed by atoms with Gasteiger partial charge in [-0.05, 0) is 42.3 Å². The molecule has 134 valence electrons. The summed E-state index contributed by atoms with van der Waals surface area (Å²) in [6.07, 6.45) is 3.85. The quantitative estimate of drug-likeness (QED) is 0.696. The maximum Gasteiger partial charge on any atom is 0.273 e. The van der Waals surface area contributed by atoms with E-state index in [-0.39, 0.29) is 5.91 Å². The van der Waals surface area contributed by atoms with Gasteiger partial charge < -0.3 is 0 Å². The lowest BCUT2D eigenvalue weighted by molar-refractivity contribution is 0.0381. The first-order valence-electron chi connectivity index (χ1n) is 8.97. The third-order valence-corrected chi connectivity index (χ3v) is 4.74. The Bertz CT molecular complexity index is 997. The predicted molar refractivity (Wildman–Crippen MR) is 107 cm³/mol. The first-order chi connectivity index (χ1) is 13.1. The van der Waals surface area contributed by atoms with E-state index in [1.165, 1.54) is 0 Å². The lowest BCUT2D eigenvalue weighted by atomic mass is 10.0. The molecule has 0 fully saturated rings. The topological polar surface area (TPSA) is 36.4 Å². The maximum atomic E-state index is 13.2. The summed E-state index contributed by atoms with van der Waals surface area (Å²) in [5, 5.41) is 3.69. The van der Waals surface area contributed by atoms with Crippen LogP contribution in [-0.4, -0.2) is 28.0 Å². The van der Waals surface area contributed by atoms with Gasteiger partial charge in [0.2, 0.25) is 0 Å². The van der Waals surface area contributed by atoms with E-state index in [1.807, 2.05) is 85.7 Å². The van der Waals surface area contributed by atoms with Crippen molar-refractivity contribution >= 4 is 17.7 Å². The zero-order chi connectivity index (χ0) is 18.8. The van der Waals surface area contributed by atoms with E-state index < -0.39 is 0 Å². The molecule has 0 spiro atoms. The molecule has 0 saturated heterocycles. The average Bonchev–Trinajstić information content (AvgIpc) is 2.96. The number of nitrogens with zero attached hydrogens (tertiary/aromatic N) is 3. The van der Waals surface area contributed by atoms with Gasteiger partial charge in [-0.1, -0.05) is 48.5 Å². The molecule has 1 aliphatic heterocycles. The summed E-state index contributed by atoms with van der Waals surface area (Å²) in [6, 6.07) is 21.8. The Balaban J connectivity index is 1.78. The number of amides is 1. The van der Waals surface area contributed by atoms with E-state index in [0.29, 0.717) is 6.54 Å². The Morgan fingerprint density at radius 1 is 1.00 bits per heavy atom. The van der Waals surface area contributed by atoms with Crippen molar-refractivity contribution in [3.63, 3.8) is 0 Å². The van der Waals surface area contributed by atoms with Crippen LogP contribution in [0.25, 0.3) is 11.8 Å². The van der Waals surface area contributed by atoms with Crippen molar-refractivity contribution in [3.05, 3.63) is 101 Å². The highest BCUT2D eigenvalue weighted by Gasteiger charge is 2.36. The SMILES string of the molecule is Cc1cccc2c1/C(=C/c1ccccc1)N(N(C)Cc1ccccn1)C2=O. The number of benzene rings is 2. The highest BCUT2D eigenvalue weighted by molar-refractivity contribution is 6.12. The lowest BCUT2D eigenvalue weighted by Gasteiger charge is -2.29. The van der Waals surface area contributed by atoms with Crippen LogP contribution >= 0.6 is 0 Å². The number of aryl methyl sites for hydroxylation is 1. The minimum Gasteiger partial charge on any atom is -0.267 e. The van der Waals surface area contributed by atoms with E-state index in [2.05, 4.69) is 11.1 Å². The van der Waals surface area contributed by atoms with E-state index in [4.69, 9.17) is 0 Å². The predicted octanol–water partition coefficient (Wildman–Crippen LogP) is 4.39. The molecular weight excluding hydrogens is 334 g/mol. The number of aromatic nitrogens is 1. The summed E-state index contributed by atoms with van der Waals surface area (Å²) in [5.74, 6) is -0.00527. The van der Waals surface area contributed by atoms with Gasteiger partial charge in [0.15, 0.2) is 0 Å². The number of hydrazine groups is 1. The van der Waals surface area contributed by atoms with Gasteiger partial charge in [-0.25, -0.2) is 10.0 Å². The zero-order valence-corrected chi connectivity index (χ0v) is 15.5. The molecule has 1 aromatic heterocycles. The first kappa shape index (κ1) is 17.2. The van der Waals surface area contributed by atoms with Crippen molar-refractivity contribution in [3.8, 4) is 0 Å². The van der Waals surface area contributed by atoms with E-state index in [9.17, 15) is 4.79 Å². The standard InChI is InChI=1S/C23H21N3O/c1-17-9-8-13-20-22(17)21(15-18-10-4-3-5-11-18)26(23(20)27)25(2)16-19-12-6-7-14-24-19/h3-15H,16H2,1-2H3/b21-15-. The smallest absolute Gasteiger partial charge is 0.267 e. The maximum absolute atomic E-state index is 13.2. The van der Waals surface area contributed by atoms with Crippen LogP contribution in [0.1, 0.15) is 32.7 Å². The molecule has 1 amide bonds. The van der Waals surface area contributed by atoms with Gasteiger partial charge in [-0.2, -0.15) is 0 Å². The number of hydrogen-bond donors (Lipinski definition) is 0. The molecule has 4 rings (SSSR count). The Kier molecular flexibility index (Phi) is 4.57. The van der Waals surface area contributed by atoms with Crippen molar-refractivity contribution in [1.82, 2.24) is 15.0 Å². The summed E-state index contributed by atoms with van der Waals surface area (Å²) in [7, 11) is 1.92. The normalized spacial score (nSPS) is 14.9. The highest BCUT2D eigenvalue weighted by Crippen LogP contribution is 2.37. The van der Waals surface area contributed by atoms with E-state index in [0.717, 1.165) is 33.6 Å². The summed E-state index contributed by atoms with van der Waals surface area (Å²) in [6.45, 7) is 2.60. The van der Waals surface area contributed by atoms with Crippen LogP contribution in [0.3, 0.4) is 0 Å². The van der Waals surface area contributed by atoms with Gasteiger partial charge in [-0.15, -0.1) is 0 Å². The third-order valence-electron chi connectivity index (χ3n) is 4.74. The van der Waals surface area contributed by atoms with Gasteiger partial charge in [0, 0.05) is 18.8 Å². The van der Waals surface area contributed by atoms with Crippen molar-refractivity contribution in [2.45, 2.75) is 13.5 Å². The monoisotopic (exact) mass is 355 g/mol. The molecule has 1 aliphatic rings. The molecule has 2 aromatic carbocycles. The molecule has 0 unspecified atom stereocenters. The molecule has 4 nitrogen and oxygen atoms in total. The van der Waals surface area contributed by atoms with Crippen molar-refractivity contribution in [2.24, 2.45) is 0 Å². The van der Waals surface area contributed by atoms with Crippen LogP contribution in [0.2, 0.25) is 0 Å². The Morgan fingerprint density at radius 2 is 1.78 bits per heavy atom. The second kappa shape index (κ2) is 7.17. The fourth-order valence-corrected chi connectivity index (χ4v) is 3.49. The number of pyridine rings is 1. The molecule has 27 heavy (non-hydrogen) atoms. The minimum absolute atomic E-state index is 0.00527. The molecule has 0 radical (unpaired) electrons. The van der Waals surface area contributed by atoms with Gasteiger partial charge >= 0.3 is 0 Å². The number of rotatable bonds is 4. The number of carbonyl (C=O) groups excluding carboxylic acids is 1. The Labute approximate surface area is 159 Å². The van der Waals surface area contributed by atoms with Crippen LogP contribution in [0.4, 0.5) is 0 Å². The number of fused-ring (bicyclic) bond motifs is 1. The largest absolute Gasteiger partial charge is 0.273 e. The molecule has 2 heterocycles. The summed E-state index contributed by atoms with van der Waals surface area (Å²) >= 11 is 0. The molecule has 0 aliphatic carbocycles. The zero-order valence-electron chi connectivity index (χ0n) is 15.5. The van der Waals surface area contributed by atoms with Gasteiger partial charge in [0.25, 0.3) is 5.91 Å². The molecule has 0 saturated carbocycles. The van der Waals surface area contributed by atoms with Gasteiger partial charge in [0.05, 0.1) is 23.5 Å². The van der Waals surface area contributed by atoms with Crippen LogP contribution in [0.15, 0.2) is 72.9 Å².